The number of alkyl halides is 2. The largest absolute Gasteiger partial charge is 0.396 e. The minimum absolute atomic E-state index is 0.00694. The van der Waals surface area contributed by atoms with Crippen molar-refractivity contribution in [1.82, 2.24) is 4.90 Å². The van der Waals surface area contributed by atoms with E-state index in [4.69, 9.17) is 5.11 Å². The summed E-state index contributed by atoms with van der Waals surface area (Å²) >= 11 is 0. The molecule has 1 fully saturated rings. The van der Waals surface area contributed by atoms with Crippen LogP contribution in [0.2, 0.25) is 0 Å². The van der Waals surface area contributed by atoms with E-state index in [2.05, 4.69) is 4.90 Å². The lowest BCUT2D eigenvalue weighted by Gasteiger charge is -2.31. The van der Waals surface area contributed by atoms with Crippen molar-refractivity contribution in [3.63, 3.8) is 0 Å². The van der Waals surface area contributed by atoms with Gasteiger partial charge in [-0.15, -0.1) is 0 Å². The van der Waals surface area contributed by atoms with Crippen molar-refractivity contribution in [3.05, 3.63) is 0 Å². The Morgan fingerprint density at radius 2 is 1.71 bits per heavy atom. The second kappa shape index (κ2) is 5.61. The summed E-state index contributed by atoms with van der Waals surface area (Å²) in [6.45, 7) is 2.17. The number of rotatable bonds is 5. The van der Waals surface area contributed by atoms with E-state index in [1.54, 1.807) is 0 Å². The highest BCUT2D eigenvalue weighted by molar-refractivity contribution is 4.77. The molecule has 1 rings (SSSR count). The van der Waals surface area contributed by atoms with Crippen LogP contribution in [-0.2, 0) is 0 Å². The molecule has 1 heterocycles. The summed E-state index contributed by atoms with van der Waals surface area (Å²) in [5.41, 5.74) is 0. The summed E-state index contributed by atoms with van der Waals surface area (Å²) in [6.07, 6.45) is 2.83. The molecule has 0 aromatic heterocycles. The Labute approximate surface area is 83.9 Å². The highest BCUT2D eigenvalue weighted by Crippen LogP contribution is 2.27. The van der Waals surface area contributed by atoms with E-state index in [0.29, 0.717) is 13.1 Å². The lowest BCUT2D eigenvalue weighted by molar-refractivity contribution is -0.0552. The molecule has 14 heavy (non-hydrogen) atoms. The van der Waals surface area contributed by atoms with E-state index >= 15 is 0 Å². The monoisotopic (exact) mass is 207 g/mol. The predicted octanol–water partition coefficient (Wildman–Crippen LogP) is 1.88. The second-order valence-electron chi connectivity index (χ2n) is 3.98. The number of piperidine rings is 1. The third-order valence-corrected chi connectivity index (χ3v) is 2.72. The number of hydrogen-bond donors (Lipinski definition) is 1. The van der Waals surface area contributed by atoms with Gasteiger partial charge in [0, 0.05) is 32.5 Å². The molecule has 0 atom stereocenters. The van der Waals surface area contributed by atoms with Crippen LogP contribution >= 0.6 is 0 Å². The van der Waals surface area contributed by atoms with E-state index in [1.807, 2.05) is 0 Å². The van der Waals surface area contributed by atoms with Crippen LogP contribution in [0.4, 0.5) is 8.78 Å². The van der Waals surface area contributed by atoms with E-state index in [-0.39, 0.29) is 19.4 Å². The molecule has 4 heteroatoms. The predicted molar refractivity (Wildman–Crippen MR) is 51.6 cm³/mol. The second-order valence-corrected chi connectivity index (χ2v) is 3.98. The number of hydrogen-bond acceptors (Lipinski definition) is 2. The van der Waals surface area contributed by atoms with Crippen LogP contribution in [0.15, 0.2) is 0 Å². The van der Waals surface area contributed by atoms with Crippen LogP contribution in [0.25, 0.3) is 0 Å². The summed E-state index contributed by atoms with van der Waals surface area (Å²) in [6, 6.07) is 0. The summed E-state index contributed by atoms with van der Waals surface area (Å²) in [5, 5.41) is 8.56. The smallest absolute Gasteiger partial charge is 0.250 e. The Morgan fingerprint density at radius 1 is 1.07 bits per heavy atom. The van der Waals surface area contributed by atoms with E-state index in [0.717, 1.165) is 25.8 Å². The van der Waals surface area contributed by atoms with Crippen molar-refractivity contribution in [3.8, 4) is 0 Å². The Kier molecular flexibility index (Phi) is 4.75. The zero-order chi connectivity index (χ0) is 10.4. The minimum atomic E-state index is -2.43. The fraction of sp³-hybridized carbons (Fsp3) is 1.00. The van der Waals surface area contributed by atoms with Gasteiger partial charge < -0.3 is 10.0 Å². The third kappa shape index (κ3) is 4.33. The number of likely N-dealkylation sites (tertiary alicyclic amines) is 1. The molecule has 1 aliphatic rings. The Balaban J connectivity index is 2.04. The maximum atomic E-state index is 12.8. The van der Waals surface area contributed by atoms with Crippen molar-refractivity contribution in [2.24, 2.45) is 0 Å². The SMILES string of the molecule is OCCCCCN1CCC(F)(F)CC1. The quantitative estimate of drug-likeness (QED) is 0.696. The standard InChI is InChI=1S/C10H19F2NO/c11-10(12)4-7-13(8-5-10)6-2-1-3-9-14/h14H,1-9H2. The molecule has 0 aromatic rings. The summed E-state index contributed by atoms with van der Waals surface area (Å²) in [7, 11) is 0. The Hall–Kier alpha value is -0.220. The number of halogens is 2. The van der Waals surface area contributed by atoms with Crippen LogP contribution in [-0.4, -0.2) is 42.2 Å². The van der Waals surface area contributed by atoms with Gasteiger partial charge in [-0.2, -0.15) is 0 Å². The normalized spacial score (nSPS) is 22.5. The molecule has 0 amide bonds. The first-order valence-electron chi connectivity index (χ1n) is 5.35. The highest BCUT2D eigenvalue weighted by atomic mass is 19.3. The van der Waals surface area contributed by atoms with Gasteiger partial charge >= 0.3 is 0 Å². The van der Waals surface area contributed by atoms with Crippen molar-refractivity contribution in [2.75, 3.05) is 26.2 Å². The first kappa shape index (κ1) is 11.9. The average molecular weight is 207 g/mol. The van der Waals surface area contributed by atoms with E-state index in [9.17, 15) is 8.78 Å². The maximum absolute atomic E-state index is 12.8. The highest BCUT2D eigenvalue weighted by Gasteiger charge is 2.33. The molecule has 1 aliphatic heterocycles. The molecular formula is C10H19F2NO. The first-order chi connectivity index (χ1) is 6.64. The van der Waals surface area contributed by atoms with Gasteiger partial charge in [-0.05, 0) is 25.8 Å². The molecule has 2 nitrogen and oxygen atoms in total. The molecule has 0 aromatic carbocycles. The first-order valence-corrected chi connectivity index (χ1v) is 5.35. The van der Waals surface area contributed by atoms with E-state index in [1.165, 1.54) is 0 Å². The van der Waals surface area contributed by atoms with Crippen LogP contribution in [0.3, 0.4) is 0 Å². The summed E-state index contributed by atoms with van der Waals surface area (Å²) in [5.74, 6) is -2.43. The van der Waals surface area contributed by atoms with Gasteiger partial charge in [0.1, 0.15) is 0 Å². The van der Waals surface area contributed by atoms with Crippen molar-refractivity contribution >= 4 is 0 Å². The topological polar surface area (TPSA) is 23.5 Å². The van der Waals surface area contributed by atoms with Gasteiger partial charge in [-0.1, -0.05) is 0 Å². The Morgan fingerprint density at radius 3 is 2.29 bits per heavy atom. The third-order valence-electron chi connectivity index (χ3n) is 2.72. The average Bonchev–Trinajstić information content (AvgIpc) is 2.15. The molecular weight excluding hydrogens is 188 g/mol. The van der Waals surface area contributed by atoms with Gasteiger partial charge in [-0.25, -0.2) is 8.78 Å². The fourth-order valence-corrected chi connectivity index (χ4v) is 1.73. The van der Waals surface area contributed by atoms with Crippen molar-refractivity contribution < 1.29 is 13.9 Å². The fourth-order valence-electron chi connectivity index (χ4n) is 1.73. The van der Waals surface area contributed by atoms with E-state index < -0.39 is 5.92 Å². The molecule has 0 spiro atoms. The molecule has 1 N–H and O–H groups in total. The number of nitrogens with zero attached hydrogens (tertiary/aromatic N) is 1. The number of unbranched alkanes of at least 4 members (excludes halogenated alkanes) is 2. The van der Waals surface area contributed by atoms with Crippen molar-refractivity contribution in [1.29, 1.82) is 0 Å². The molecule has 1 saturated heterocycles. The molecule has 0 saturated carbocycles. The van der Waals surface area contributed by atoms with Crippen molar-refractivity contribution in [2.45, 2.75) is 38.0 Å². The summed E-state index contributed by atoms with van der Waals surface area (Å²) < 4.78 is 25.5. The number of aliphatic hydroxyl groups is 1. The van der Waals surface area contributed by atoms with Crippen LogP contribution in [0.5, 0.6) is 0 Å². The minimum Gasteiger partial charge on any atom is -0.396 e. The number of aliphatic hydroxyl groups excluding tert-OH is 1. The van der Waals surface area contributed by atoms with Gasteiger partial charge in [0.15, 0.2) is 0 Å². The van der Waals surface area contributed by atoms with Gasteiger partial charge in [0.05, 0.1) is 0 Å². The maximum Gasteiger partial charge on any atom is 0.250 e. The van der Waals surface area contributed by atoms with Crippen LogP contribution in [0.1, 0.15) is 32.1 Å². The molecule has 0 radical (unpaired) electrons. The lowest BCUT2D eigenvalue weighted by Crippen LogP contribution is -2.39. The Bertz CT molecular complexity index is 154. The lowest BCUT2D eigenvalue weighted by atomic mass is 10.1. The zero-order valence-electron chi connectivity index (χ0n) is 8.51. The van der Waals surface area contributed by atoms with Gasteiger partial charge in [0.25, 0.3) is 5.92 Å². The molecule has 0 unspecified atom stereocenters. The zero-order valence-corrected chi connectivity index (χ0v) is 8.51. The molecule has 84 valence electrons. The molecule has 0 aliphatic carbocycles. The van der Waals surface area contributed by atoms with Crippen LogP contribution < -0.4 is 0 Å². The van der Waals surface area contributed by atoms with Crippen LogP contribution in [0, 0.1) is 0 Å². The van der Waals surface area contributed by atoms with Gasteiger partial charge in [0.2, 0.25) is 0 Å². The molecule has 0 bridgehead atoms. The van der Waals surface area contributed by atoms with Gasteiger partial charge in [-0.3, -0.25) is 0 Å². The summed E-state index contributed by atoms with van der Waals surface area (Å²) in [4.78, 5) is 2.09.